The number of carbonyl (C=O) groups is 2. The van der Waals surface area contributed by atoms with Crippen LogP contribution in [0.4, 0.5) is 15.8 Å². The third-order valence-electron chi connectivity index (χ3n) is 3.51. The van der Waals surface area contributed by atoms with Crippen LogP contribution >= 0.6 is 0 Å². The Morgan fingerprint density at radius 1 is 1.29 bits per heavy atom. The van der Waals surface area contributed by atoms with Crippen molar-refractivity contribution in [3.8, 4) is 0 Å². The maximum Gasteiger partial charge on any atom is 0.306 e. The maximum atomic E-state index is 13.3. The lowest BCUT2D eigenvalue weighted by atomic mass is 10.0. The summed E-state index contributed by atoms with van der Waals surface area (Å²) in [6, 6.07) is 2.80. The molecule has 1 aliphatic carbocycles. The number of benzene rings is 1. The van der Waals surface area contributed by atoms with Crippen molar-refractivity contribution in [2.24, 2.45) is 11.8 Å². The van der Waals surface area contributed by atoms with E-state index in [1.165, 1.54) is 0 Å². The number of hydrogen-bond donors (Lipinski definition) is 2. The fourth-order valence-corrected chi connectivity index (χ4v) is 2.44. The van der Waals surface area contributed by atoms with Crippen LogP contribution in [0.3, 0.4) is 0 Å². The van der Waals surface area contributed by atoms with E-state index in [9.17, 15) is 24.1 Å². The Kier molecular flexibility index (Phi) is 4.15. The van der Waals surface area contributed by atoms with E-state index in [0.29, 0.717) is 12.8 Å². The molecule has 0 radical (unpaired) electrons. The van der Waals surface area contributed by atoms with Crippen LogP contribution in [0.1, 0.15) is 19.3 Å². The fourth-order valence-electron chi connectivity index (χ4n) is 2.44. The van der Waals surface area contributed by atoms with E-state index in [2.05, 4.69) is 5.32 Å². The van der Waals surface area contributed by atoms with Gasteiger partial charge in [-0.2, -0.15) is 0 Å². The second-order valence-electron chi connectivity index (χ2n) is 4.99. The van der Waals surface area contributed by atoms with E-state index in [0.717, 1.165) is 18.2 Å². The number of amides is 1. The third kappa shape index (κ3) is 3.53. The molecule has 0 saturated heterocycles. The lowest BCUT2D eigenvalue weighted by Gasteiger charge is -2.10. The molecule has 2 atom stereocenters. The molecular formula is C13H13FN2O5. The molecule has 0 unspecified atom stereocenters. The molecule has 0 spiro atoms. The minimum absolute atomic E-state index is 0.00882. The lowest BCUT2D eigenvalue weighted by Crippen LogP contribution is -2.21. The molecule has 1 saturated carbocycles. The van der Waals surface area contributed by atoms with Gasteiger partial charge in [0, 0.05) is 12.0 Å². The minimum atomic E-state index is -0.938. The smallest absolute Gasteiger partial charge is 0.306 e. The predicted octanol–water partition coefficient (Wildman–Crippen LogP) is 2.17. The molecule has 0 bridgehead atoms. The van der Waals surface area contributed by atoms with Gasteiger partial charge < -0.3 is 10.4 Å². The molecule has 8 heteroatoms. The molecule has 7 nitrogen and oxygen atoms in total. The van der Waals surface area contributed by atoms with Gasteiger partial charge in [-0.3, -0.25) is 19.7 Å². The number of nitrogens with one attached hydrogen (secondary N) is 1. The van der Waals surface area contributed by atoms with Gasteiger partial charge in [0.1, 0.15) is 5.82 Å². The van der Waals surface area contributed by atoms with Gasteiger partial charge in [0.25, 0.3) is 5.69 Å². The number of anilines is 1. The molecule has 0 aromatic heterocycles. The monoisotopic (exact) mass is 296 g/mol. The molecule has 1 aliphatic rings. The number of nitrogens with zero attached hydrogens (tertiary/aromatic N) is 1. The van der Waals surface area contributed by atoms with Crippen LogP contribution in [0.5, 0.6) is 0 Å². The van der Waals surface area contributed by atoms with Crippen molar-refractivity contribution < 1.29 is 24.0 Å². The Hall–Kier alpha value is -2.51. The molecule has 1 aromatic rings. The van der Waals surface area contributed by atoms with Crippen molar-refractivity contribution in [2.75, 3.05) is 5.32 Å². The molecule has 1 amide bonds. The van der Waals surface area contributed by atoms with Gasteiger partial charge in [0.2, 0.25) is 5.91 Å². The Morgan fingerprint density at radius 2 is 1.95 bits per heavy atom. The van der Waals surface area contributed by atoms with E-state index >= 15 is 0 Å². The van der Waals surface area contributed by atoms with Crippen LogP contribution < -0.4 is 5.32 Å². The first kappa shape index (κ1) is 14.9. The average molecular weight is 296 g/mol. The van der Waals surface area contributed by atoms with Crippen molar-refractivity contribution in [2.45, 2.75) is 19.3 Å². The zero-order chi connectivity index (χ0) is 15.6. The lowest BCUT2D eigenvalue weighted by molar-refractivity contribution is -0.385. The number of carbonyl (C=O) groups excluding carboxylic acids is 1. The highest BCUT2D eigenvalue weighted by molar-refractivity contribution is 5.93. The number of nitro benzene ring substituents is 1. The average Bonchev–Trinajstić information content (AvgIpc) is 2.87. The van der Waals surface area contributed by atoms with Gasteiger partial charge in [0.15, 0.2) is 0 Å². The highest BCUT2D eigenvalue weighted by Gasteiger charge is 2.33. The summed E-state index contributed by atoms with van der Waals surface area (Å²) in [4.78, 5) is 32.7. The van der Waals surface area contributed by atoms with E-state index in [1.807, 2.05) is 0 Å². The summed E-state index contributed by atoms with van der Waals surface area (Å²) in [6.45, 7) is 0. The van der Waals surface area contributed by atoms with E-state index in [1.54, 1.807) is 0 Å². The molecule has 1 aromatic carbocycles. The first-order valence-electron chi connectivity index (χ1n) is 6.35. The van der Waals surface area contributed by atoms with Crippen LogP contribution in [0.25, 0.3) is 0 Å². The zero-order valence-electron chi connectivity index (χ0n) is 10.9. The number of aliphatic carboxylic acids is 1. The summed E-state index contributed by atoms with van der Waals surface area (Å²) in [5.41, 5.74) is -0.467. The number of halogens is 1. The normalized spacial score (nSPS) is 21.0. The van der Waals surface area contributed by atoms with Crippen LogP contribution in [-0.4, -0.2) is 21.9 Å². The topological polar surface area (TPSA) is 110 Å². The van der Waals surface area contributed by atoms with Crippen molar-refractivity contribution in [1.29, 1.82) is 0 Å². The van der Waals surface area contributed by atoms with Crippen LogP contribution in [0.2, 0.25) is 0 Å². The summed E-state index contributed by atoms with van der Waals surface area (Å²) in [6.07, 6.45) is 1.06. The highest BCUT2D eigenvalue weighted by Crippen LogP contribution is 2.32. The Balaban J connectivity index is 2.07. The number of carboxylic acid groups (broad SMARTS) is 1. The number of rotatable bonds is 4. The first-order chi connectivity index (χ1) is 9.86. The van der Waals surface area contributed by atoms with E-state index < -0.39 is 40.1 Å². The van der Waals surface area contributed by atoms with Crippen molar-refractivity contribution in [1.82, 2.24) is 0 Å². The molecule has 112 valence electrons. The van der Waals surface area contributed by atoms with Gasteiger partial charge in [-0.15, -0.1) is 0 Å². The summed E-state index contributed by atoms with van der Waals surface area (Å²) >= 11 is 0. The molecule has 0 aliphatic heterocycles. The van der Waals surface area contributed by atoms with Crippen LogP contribution in [0, 0.1) is 27.8 Å². The van der Waals surface area contributed by atoms with Gasteiger partial charge in [-0.25, -0.2) is 4.39 Å². The first-order valence-corrected chi connectivity index (χ1v) is 6.35. The Labute approximate surface area is 118 Å². The largest absolute Gasteiger partial charge is 0.481 e. The van der Waals surface area contributed by atoms with E-state index in [4.69, 9.17) is 5.11 Å². The van der Waals surface area contributed by atoms with Crippen LogP contribution in [-0.2, 0) is 9.59 Å². The molecule has 2 rings (SSSR count). The summed E-state index contributed by atoms with van der Waals surface area (Å²) in [5, 5.41) is 21.9. The van der Waals surface area contributed by atoms with Gasteiger partial charge in [0.05, 0.1) is 22.6 Å². The number of non-ortho nitro benzene ring substituents is 1. The van der Waals surface area contributed by atoms with Crippen LogP contribution in [0.15, 0.2) is 18.2 Å². The van der Waals surface area contributed by atoms with Crippen molar-refractivity contribution in [3.05, 3.63) is 34.1 Å². The fraction of sp³-hybridized carbons (Fsp3) is 0.385. The van der Waals surface area contributed by atoms with Crippen molar-refractivity contribution in [3.63, 3.8) is 0 Å². The second-order valence-corrected chi connectivity index (χ2v) is 4.99. The second kappa shape index (κ2) is 5.86. The Bertz CT molecular complexity index is 604. The molecule has 0 heterocycles. The van der Waals surface area contributed by atoms with Crippen molar-refractivity contribution >= 4 is 23.3 Å². The third-order valence-corrected chi connectivity index (χ3v) is 3.51. The predicted molar refractivity (Wildman–Crippen MR) is 70.2 cm³/mol. The molecule has 1 fully saturated rings. The minimum Gasteiger partial charge on any atom is -0.481 e. The Morgan fingerprint density at radius 3 is 2.52 bits per heavy atom. The molecule has 21 heavy (non-hydrogen) atoms. The summed E-state index contributed by atoms with van der Waals surface area (Å²) < 4.78 is 13.3. The maximum absolute atomic E-state index is 13.3. The van der Waals surface area contributed by atoms with E-state index in [-0.39, 0.29) is 12.1 Å². The number of nitro groups is 1. The molecule has 2 N–H and O–H groups in total. The quantitative estimate of drug-likeness (QED) is 0.653. The number of hydrogen-bond acceptors (Lipinski definition) is 4. The van der Waals surface area contributed by atoms with Gasteiger partial charge >= 0.3 is 5.97 Å². The van der Waals surface area contributed by atoms with Gasteiger partial charge in [-0.1, -0.05) is 0 Å². The SMILES string of the molecule is O=C(O)[C@H]1CC[C@@H](C(=O)Nc2cc(F)cc([N+](=O)[O-])c2)C1. The molecular weight excluding hydrogens is 283 g/mol. The van der Waals surface area contributed by atoms with Gasteiger partial charge in [-0.05, 0) is 25.3 Å². The highest BCUT2D eigenvalue weighted by atomic mass is 19.1. The standard InChI is InChI=1S/C13H13FN2O5/c14-9-4-10(6-11(5-9)16(20)21)15-12(17)7-1-2-8(3-7)13(18)19/h4-8H,1-3H2,(H,15,17)(H,18,19)/t7-,8+/m1/s1. The summed E-state index contributed by atoms with van der Waals surface area (Å²) in [7, 11) is 0. The zero-order valence-corrected chi connectivity index (χ0v) is 10.9. The summed E-state index contributed by atoms with van der Waals surface area (Å²) in [5.74, 6) is -3.24. The number of carboxylic acids is 1.